The van der Waals surface area contributed by atoms with E-state index in [1.165, 1.54) is 4.52 Å². The summed E-state index contributed by atoms with van der Waals surface area (Å²) < 4.78 is 33.3. The Morgan fingerprint density at radius 3 is 2.81 bits per heavy atom. The molecule has 31 heavy (non-hydrogen) atoms. The molecular formula is C21H23F2N7O. The second kappa shape index (κ2) is 8.18. The summed E-state index contributed by atoms with van der Waals surface area (Å²) >= 11 is 0. The van der Waals surface area contributed by atoms with E-state index >= 15 is 0 Å². The van der Waals surface area contributed by atoms with Crippen LogP contribution in [0.4, 0.5) is 14.7 Å². The van der Waals surface area contributed by atoms with E-state index < -0.39 is 6.43 Å². The molecule has 1 fully saturated rings. The molecule has 0 saturated heterocycles. The second-order valence-electron chi connectivity index (χ2n) is 7.70. The van der Waals surface area contributed by atoms with E-state index in [4.69, 9.17) is 4.74 Å². The number of rotatable bonds is 6. The number of halogens is 2. The maximum absolute atomic E-state index is 13.2. The molecule has 4 aromatic rings. The molecule has 0 aromatic carbocycles. The average Bonchev–Trinajstić information content (AvgIpc) is 3.38. The number of anilines is 1. The standard InChI is InChI=1S/C21H23F2N7O/c1-2-31-13-5-3-12(4-6-13)27-21-26-10-15-14(9-25-20(15)28-21)16-7-8-18-24-11-17(19(22)23)30(18)29-16/h7-13,19H,2-6H2,1H3,(H2,25,26,27,28). The highest BCUT2D eigenvalue weighted by atomic mass is 19.3. The summed E-state index contributed by atoms with van der Waals surface area (Å²) in [5.41, 5.74) is 2.09. The van der Waals surface area contributed by atoms with Gasteiger partial charge >= 0.3 is 0 Å². The highest BCUT2D eigenvalue weighted by Crippen LogP contribution is 2.29. The summed E-state index contributed by atoms with van der Waals surface area (Å²) in [7, 11) is 0. The number of aromatic amines is 1. The number of aromatic nitrogens is 6. The zero-order chi connectivity index (χ0) is 21.4. The van der Waals surface area contributed by atoms with E-state index in [9.17, 15) is 8.78 Å². The number of imidazole rings is 1. The van der Waals surface area contributed by atoms with Crippen molar-refractivity contribution in [1.29, 1.82) is 0 Å². The lowest BCUT2D eigenvalue weighted by Crippen LogP contribution is -2.30. The van der Waals surface area contributed by atoms with Crippen molar-refractivity contribution in [2.75, 3.05) is 11.9 Å². The SMILES string of the molecule is CCOC1CCC(Nc2ncc3c(-c4ccc5ncc(C(F)F)n5n4)c[nH]c3n2)CC1. The number of hydrogen-bond acceptors (Lipinski definition) is 6. The van der Waals surface area contributed by atoms with Gasteiger partial charge in [-0.15, -0.1) is 0 Å². The smallest absolute Gasteiger partial charge is 0.282 e. The van der Waals surface area contributed by atoms with Crippen molar-refractivity contribution in [1.82, 2.24) is 29.5 Å². The van der Waals surface area contributed by atoms with Gasteiger partial charge in [-0.25, -0.2) is 23.3 Å². The van der Waals surface area contributed by atoms with E-state index in [1.807, 2.05) is 6.92 Å². The Bertz CT molecular complexity index is 1200. The van der Waals surface area contributed by atoms with Crippen LogP contribution in [-0.2, 0) is 4.74 Å². The van der Waals surface area contributed by atoms with Crippen molar-refractivity contribution in [2.45, 2.75) is 51.2 Å². The summed E-state index contributed by atoms with van der Waals surface area (Å²) in [6, 6.07) is 3.74. The van der Waals surface area contributed by atoms with Crippen LogP contribution in [0.25, 0.3) is 27.9 Å². The molecule has 4 heterocycles. The third-order valence-electron chi connectivity index (χ3n) is 5.73. The minimum atomic E-state index is -2.65. The Morgan fingerprint density at radius 2 is 2.03 bits per heavy atom. The fourth-order valence-corrected chi connectivity index (χ4v) is 4.16. The second-order valence-corrected chi connectivity index (χ2v) is 7.70. The highest BCUT2D eigenvalue weighted by molar-refractivity contribution is 5.92. The van der Waals surface area contributed by atoms with E-state index in [2.05, 4.69) is 30.4 Å². The molecule has 5 rings (SSSR count). The molecular weight excluding hydrogens is 404 g/mol. The van der Waals surface area contributed by atoms with Crippen molar-refractivity contribution in [3.63, 3.8) is 0 Å². The third-order valence-corrected chi connectivity index (χ3v) is 5.73. The first-order valence-corrected chi connectivity index (χ1v) is 10.5. The molecule has 2 N–H and O–H groups in total. The molecule has 0 bridgehead atoms. The fraction of sp³-hybridized carbons (Fsp3) is 0.429. The number of fused-ring (bicyclic) bond motifs is 2. The lowest BCUT2D eigenvalue weighted by molar-refractivity contribution is 0.0346. The largest absolute Gasteiger partial charge is 0.379 e. The Morgan fingerprint density at radius 1 is 1.19 bits per heavy atom. The lowest BCUT2D eigenvalue weighted by Gasteiger charge is -2.28. The van der Waals surface area contributed by atoms with Crippen LogP contribution < -0.4 is 5.32 Å². The first-order chi connectivity index (χ1) is 15.1. The Hall–Kier alpha value is -3.14. The van der Waals surface area contributed by atoms with Gasteiger partial charge in [-0.2, -0.15) is 10.1 Å². The molecule has 4 aromatic heterocycles. The zero-order valence-corrected chi connectivity index (χ0v) is 17.1. The lowest BCUT2D eigenvalue weighted by atomic mass is 9.93. The summed E-state index contributed by atoms with van der Waals surface area (Å²) in [5, 5.41) is 8.55. The van der Waals surface area contributed by atoms with Gasteiger partial charge in [0.2, 0.25) is 5.95 Å². The summed E-state index contributed by atoms with van der Waals surface area (Å²) in [6.07, 6.45) is 6.44. The summed E-state index contributed by atoms with van der Waals surface area (Å²) in [4.78, 5) is 16.2. The molecule has 1 aliphatic rings. The molecule has 0 radical (unpaired) electrons. The predicted octanol–water partition coefficient (Wildman–Crippen LogP) is 4.36. The number of H-pyrrole nitrogens is 1. The molecule has 0 amide bonds. The average molecular weight is 427 g/mol. The van der Waals surface area contributed by atoms with Gasteiger partial charge in [0.1, 0.15) is 11.3 Å². The van der Waals surface area contributed by atoms with E-state index in [-0.39, 0.29) is 5.69 Å². The maximum Gasteiger partial charge on any atom is 0.282 e. The maximum atomic E-state index is 13.2. The van der Waals surface area contributed by atoms with Crippen LogP contribution >= 0.6 is 0 Å². The summed E-state index contributed by atoms with van der Waals surface area (Å²) in [6.45, 7) is 2.78. The van der Waals surface area contributed by atoms with Gasteiger partial charge < -0.3 is 15.0 Å². The first-order valence-electron chi connectivity index (χ1n) is 10.5. The summed E-state index contributed by atoms with van der Waals surface area (Å²) in [5.74, 6) is 0.568. The van der Waals surface area contributed by atoms with Crippen LogP contribution in [0, 0.1) is 0 Å². The van der Waals surface area contributed by atoms with E-state index in [0.717, 1.165) is 49.4 Å². The number of hydrogen-bond donors (Lipinski definition) is 2. The van der Waals surface area contributed by atoms with E-state index in [0.29, 0.717) is 35.1 Å². The van der Waals surface area contributed by atoms with E-state index in [1.54, 1.807) is 24.5 Å². The number of ether oxygens (including phenoxy) is 1. The van der Waals surface area contributed by atoms with Crippen LogP contribution in [0.5, 0.6) is 0 Å². The molecule has 0 spiro atoms. The highest BCUT2D eigenvalue weighted by Gasteiger charge is 2.22. The van der Waals surface area contributed by atoms with Gasteiger partial charge in [0.15, 0.2) is 5.65 Å². The van der Waals surface area contributed by atoms with Crippen LogP contribution in [0.3, 0.4) is 0 Å². The molecule has 8 nitrogen and oxygen atoms in total. The third kappa shape index (κ3) is 3.83. The quantitative estimate of drug-likeness (QED) is 0.475. The molecule has 1 saturated carbocycles. The van der Waals surface area contributed by atoms with Crippen LogP contribution in [-0.4, -0.2) is 48.3 Å². The molecule has 162 valence electrons. The van der Waals surface area contributed by atoms with Gasteiger partial charge in [-0.3, -0.25) is 0 Å². The molecule has 0 unspecified atom stereocenters. The van der Waals surface area contributed by atoms with Crippen molar-refractivity contribution in [2.24, 2.45) is 0 Å². The fourth-order valence-electron chi connectivity index (χ4n) is 4.16. The molecule has 0 aliphatic heterocycles. The van der Waals surface area contributed by atoms with Crippen LogP contribution in [0.2, 0.25) is 0 Å². The van der Waals surface area contributed by atoms with Crippen LogP contribution in [0.15, 0.2) is 30.7 Å². The topological polar surface area (TPSA) is 93.0 Å². The molecule has 1 aliphatic carbocycles. The Kier molecular flexibility index (Phi) is 5.23. The zero-order valence-electron chi connectivity index (χ0n) is 17.1. The van der Waals surface area contributed by atoms with Gasteiger partial charge in [-0.1, -0.05) is 0 Å². The minimum Gasteiger partial charge on any atom is -0.379 e. The van der Waals surface area contributed by atoms with Crippen molar-refractivity contribution >= 4 is 22.6 Å². The normalized spacial score (nSPS) is 19.5. The Balaban J connectivity index is 1.37. The minimum absolute atomic E-state index is 0.238. The molecule has 0 atom stereocenters. The van der Waals surface area contributed by atoms with Crippen molar-refractivity contribution in [3.05, 3.63) is 36.4 Å². The van der Waals surface area contributed by atoms with Crippen LogP contribution in [0.1, 0.15) is 44.7 Å². The number of nitrogens with one attached hydrogen (secondary N) is 2. The van der Waals surface area contributed by atoms with Crippen molar-refractivity contribution < 1.29 is 13.5 Å². The Labute approximate surface area is 177 Å². The molecule has 10 heteroatoms. The predicted molar refractivity (Wildman–Crippen MR) is 112 cm³/mol. The first kappa shape index (κ1) is 19.8. The van der Waals surface area contributed by atoms with Crippen molar-refractivity contribution in [3.8, 4) is 11.3 Å². The van der Waals surface area contributed by atoms with Gasteiger partial charge in [-0.05, 0) is 44.7 Å². The number of nitrogens with zero attached hydrogens (tertiary/aromatic N) is 5. The number of alkyl halides is 2. The van der Waals surface area contributed by atoms with Gasteiger partial charge in [0, 0.05) is 36.0 Å². The van der Waals surface area contributed by atoms with Gasteiger partial charge in [0.25, 0.3) is 6.43 Å². The monoisotopic (exact) mass is 427 g/mol. The van der Waals surface area contributed by atoms with Gasteiger partial charge in [0.05, 0.1) is 18.0 Å².